The molecule has 28 heavy (non-hydrogen) atoms. The number of carbonyl (C=O) groups excluding carboxylic acids is 1. The summed E-state index contributed by atoms with van der Waals surface area (Å²) in [5.74, 6) is 0. The van der Waals surface area contributed by atoms with E-state index in [1.54, 1.807) is 24.3 Å². The molecule has 0 saturated heterocycles. The van der Waals surface area contributed by atoms with E-state index in [4.69, 9.17) is 5.26 Å². The van der Waals surface area contributed by atoms with Crippen molar-refractivity contribution in [3.8, 4) is 6.07 Å². The van der Waals surface area contributed by atoms with Gasteiger partial charge in [0.25, 0.3) is 0 Å². The van der Waals surface area contributed by atoms with Crippen molar-refractivity contribution < 1.29 is 4.79 Å². The summed E-state index contributed by atoms with van der Waals surface area (Å²) in [4.78, 5) is 14.9. The van der Waals surface area contributed by atoms with E-state index in [1.165, 1.54) is 30.4 Å². The molecular weight excluding hydrogens is 372 g/mol. The fourth-order valence-electron chi connectivity index (χ4n) is 3.86. The zero-order valence-corrected chi connectivity index (χ0v) is 16.6. The van der Waals surface area contributed by atoms with Crippen molar-refractivity contribution in [2.75, 3.05) is 23.7 Å². The Balaban J connectivity index is 0.00000225. The van der Waals surface area contributed by atoms with Crippen LogP contribution in [0.25, 0.3) is 0 Å². The topological polar surface area (TPSA) is 68.2 Å². The number of nitrogens with zero attached hydrogens (tertiary/aromatic N) is 2. The lowest BCUT2D eigenvalue weighted by Crippen LogP contribution is -2.41. The van der Waals surface area contributed by atoms with Crippen LogP contribution < -0.4 is 10.6 Å². The quantitative estimate of drug-likeness (QED) is 0.798. The van der Waals surface area contributed by atoms with E-state index >= 15 is 0 Å². The number of urea groups is 1. The van der Waals surface area contributed by atoms with Crippen LogP contribution in [0, 0.1) is 11.3 Å². The molecule has 0 spiro atoms. The lowest BCUT2D eigenvalue weighted by Gasteiger charge is -2.36. The number of amides is 2. The van der Waals surface area contributed by atoms with Crippen molar-refractivity contribution in [2.45, 2.75) is 38.1 Å². The number of hydrogen-bond acceptors (Lipinski definition) is 3. The molecule has 0 bridgehead atoms. The van der Waals surface area contributed by atoms with Gasteiger partial charge in [-0.05, 0) is 73.2 Å². The van der Waals surface area contributed by atoms with Crippen LogP contribution >= 0.6 is 12.4 Å². The first-order chi connectivity index (χ1) is 13.2. The molecule has 1 aliphatic heterocycles. The molecule has 0 atom stereocenters. The van der Waals surface area contributed by atoms with Crippen LogP contribution in [0.15, 0.2) is 42.5 Å². The summed E-state index contributed by atoms with van der Waals surface area (Å²) in [6, 6.07) is 15.6. The number of anilines is 2. The molecule has 0 aromatic heterocycles. The summed E-state index contributed by atoms with van der Waals surface area (Å²) >= 11 is 0. The smallest absolute Gasteiger partial charge is 0.308 e. The van der Waals surface area contributed by atoms with Crippen LogP contribution in [0.3, 0.4) is 0 Å². The third-order valence-corrected chi connectivity index (χ3v) is 5.66. The SMILES string of the molecule is Cl.N#Cc1ccc(NC(=O)Nc2ccc3c(c2)CCN(C2CCC2)CC3)cc1. The van der Waals surface area contributed by atoms with Crippen molar-refractivity contribution in [1.82, 2.24) is 4.90 Å². The van der Waals surface area contributed by atoms with Gasteiger partial charge in [0.2, 0.25) is 0 Å². The summed E-state index contributed by atoms with van der Waals surface area (Å²) in [5, 5.41) is 14.6. The highest BCUT2D eigenvalue weighted by molar-refractivity contribution is 5.99. The zero-order valence-electron chi connectivity index (χ0n) is 15.8. The van der Waals surface area contributed by atoms with Crippen molar-refractivity contribution >= 4 is 29.8 Å². The minimum atomic E-state index is -0.274. The average molecular weight is 397 g/mol. The summed E-state index contributed by atoms with van der Waals surface area (Å²) in [7, 11) is 0. The number of carbonyl (C=O) groups is 1. The molecule has 1 heterocycles. The number of nitrogens with one attached hydrogen (secondary N) is 2. The molecule has 2 aliphatic rings. The molecule has 6 heteroatoms. The normalized spacial score (nSPS) is 16.5. The molecule has 2 amide bonds. The largest absolute Gasteiger partial charge is 0.323 e. The van der Waals surface area contributed by atoms with E-state index in [-0.39, 0.29) is 18.4 Å². The van der Waals surface area contributed by atoms with Crippen LogP contribution in [0.1, 0.15) is 36.0 Å². The van der Waals surface area contributed by atoms with Crippen molar-refractivity contribution in [3.63, 3.8) is 0 Å². The monoisotopic (exact) mass is 396 g/mol. The Morgan fingerprint density at radius 1 is 0.964 bits per heavy atom. The number of halogens is 1. The second-order valence-electron chi connectivity index (χ2n) is 7.37. The van der Waals surface area contributed by atoms with E-state index in [1.807, 2.05) is 6.07 Å². The Hall–Kier alpha value is -2.55. The molecule has 2 aromatic carbocycles. The number of fused-ring (bicyclic) bond motifs is 1. The van der Waals surface area contributed by atoms with Crippen molar-refractivity contribution in [2.24, 2.45) is 0 Å². The van der Waals surface area contributed by atoms with Crippen LogP contribution in [-0.2, 0) is 12.8 Å². The first kappa shape index (κ1) is 20.2. The van der Waals surface area contributed by atoms with Gasteiger partial charge in [0.1, 0.15) is 0 Å². The third kappa shape index (κ3) is 4.64. The van der Waals surface area contributed by atoms with Gasteiger partial charge in [-0.25, -0.2) is 4.79 Å². The highest BCUT2D eigenvalue weighted by Gasteiger charge is 2.26. The number of nitriles is 1. The molecule has 2 aromatic rings. The van der Waals surface area contributed by atoms with Gasteiger partial charge < -0.3 is 10.6 Å². The lowest BCUT2D eigenvalue weighted by molar-refractivity contribution is 0.133. The molecule has 0 radical (unpaired) electrons. The molecule has 5 nitrogen and oxygen atoms in total. The van der Waals surface area contributed by atoms with Gasteiger partial charge in [-0.2, -0.15) is 5.26 Å². The number of rotatable bonds is 3. The Morgan fingerprint density at radius 2 is 1.61 bits per heavy atom. The van der Waals surface area contributed by atoms with Crippen LogP contribution in [-0.4, -0.2) is 30.1 Å². The molecule has 4 rings (SSSR count). The molecule has 1 saturated carbocycles. The molecule has 0 unspecified atom stereocenters. The maximum atomic E-state index is 12.3. The van der Waals surface area contributed by atoms with E-state index in [9.17, 15) is 4.79 Å². The second kappa shape index (κ2) is 9.09. The van der Waals surface area contributed by atoms with Crippen molar-refractivity contribution in [3.05, 3.63) is 59.2 Å². The predicted molar refractivity (Wildman–Crippen MR) is 114 cm³/mol. The third-order valence-electron chi connectivity index (χ3n) is 5.66. The first-order valence-electron chi connectivity index (χ1n) is 9.65. The summed E-state index contributed by atoms with van der Waals surface area (Å²) < 4.78 is 0. The minimum absolute atomic E-state index is 0. The van der Waals surface area contributed by atoms with Crippen molar-refractivity contribution in [1.29, 1.82) is 5.26 Å². The Bertz CT molecular complexity index is 871. The fraction of sp³-hybridized carbons (Fsp3) is 0.364. The van der Waals surface area contributed by atoms with Crippen LogP contribution in [0.5, 0.6) is 0 Å². The maximum Gasteiger partial charge on any atom is 0.323 e. The van der Waals surface area contributed by atoms with E-state index in [0.717, 1.165) is 37.7 Å². The fourth-order valence-corrected chi connectivity index (χ4v) is 3.86. The van der Waals surface area contributed by atoms with E-state index in [2.05, 4.69) is 33.7 Å². The van der Waals surface area contributed by atoms with Gasteiger partial charge in [-0.15, -0.1) is 12.4 Å². The van der Waals surface area contributed by atoms with Gasteiger partial charge in [0.15, 0.2) is 0 Å². The molecule has 1 aliphatic carbocycles. The standard InChI is InChI=1S/C22H24N4O.ClH/c23-15-16-4-7-19(8-5-16)24-22(27)25-20-9-6-17-10-12-26(21-2-1-3-21)13-11-18(17)14-20;/h4-9,14,21H,1-3,10-13H2,(H2,24,25,27);1H. The molecule has 2 N–H and O–H groups in total. The first-order valence-corrected chi connectivity index (χ1v) is 9.65. The summed E-state index contributed by atoms with van der Waals surface area (Å²) in [5.41, 5.74) is 4.79. The molecule has 1 fully saturated rings. The number of hydrogen-bond donors (Lipinski definition) is 2. The highest BCUT2D eigenvalue weighted by atomic mass is 35.5. The average Bonchev–Trinajstić information content (AvgIpc) is 2.83. The molecule has 146 valence electrons. The van der Waals surface area contributed by atoms with Gasteiger partial charge in [0.05, 0.1) is 11.6 Å². The minimum Gasteiger partial charge on any atom is -0.308 e. The maximum absolute atomic E-state index is 12.3. The lowest BCUT2D eigenvalue weighted by atomic mass is 9.91. The Kier molecular flexibility index (Phi) is 6.56. The van der Waals surface area contributed by atoms with Gasteiger partial charge >= 0.3 is 6.03 Å². The van der Waals surface area contributed by atoms with Crippen LogP contribution in [0.2, 0.25) is 0 Å². The second-order valence-corrected chi connectivity index (χ2v) is 7.37. The van der Waals surface area contributed by atoms with Gasteiger partial charge in [-0.1, -0.05) is 12.5 Å². The van der Waals surface area contributed by atoms with Crippen LogP contribution in [0.4, 0.5) is 16.2 Å². The zero-order chi connectivity index (χ0) is 18.6. The Morgan fingerprint density at radius 3 is 2.25 bits per heavy atom. The Labute approximate surface area is 172 Å². The van der Waals surface area contributed by atoms with E-state index in [0.29, 0.717) is 11.3 Å². The highest BCUT2D eigenvalue weighted by Crippen LogP contribution is 2.28. The van der Waals surface area contributed by atoms with Gasteiger partial charge in [0, 0.05) is 30.5 Å². The van der Waals surface area contributed by atoms with Gasteiger partial charge in [-0.3, -0.25) is 4.90 Å². The summed E-state index contributed by atoms with van der Waals surface area (Å²) in [6.45, 7) is 2.25. The van der Waals surface area contributed by atoms with E-state index < -0.39 is 0 Å². The summed E-state index contributed by atoms with van der Waals surface area (Å²) in [6.07, 6.45) is 6.19. The predicted octanol–water partition coefficient (Wildman–Crippen LogP) is 4.58. The number of benzene rings is 2. The molecular formula is C22H25ClN4O.